The maximum absolute atomic E-state index is 11.5. The number of carbonyl (C=O) groups excluding carboxylic acids is 1. The number of hydrogen-bond donors (Lipinski definition) is 1. The summed E-state index contributed by atoms with van der Waals surface area (Å²) in [5.41, 5.74) is 0. The second kappa shape index (κ2) is 6.41. The number of hydrogen-bond acceptors (Lipinski definition) is 3. The molecule has 1 fully saturated rings. The van der Waals surface area contributed by atoms with E-state index in [1.165, 1.54) is 12.8 Å². The second-order valence-corrected chi connectivity index (χ2v) is 3.96. The van der Waals surface area contributed by atoms with Crippen molar-refractivity contribution in [3.63, 3.8) is 0 Å². The Morgan fingerprint density at radius 3 is 2.87 bits per heavy atom. The number of nitriles is 1. The van der Waals surface area contributed by atoms with Crippen molar-refractivity contribution in [2.24, 2.45) is 0 Å². The van der Waals surface area contributed by atoms with Crippen LogP contribution in [0.25, 0.3) is 0 Å². The minimum atomic E-state index is 0.0849. The minimum absolute atomic E-state index is 0.0849. The lowest BCUT2D eigenvalue weighted by Crippen LogP contribution is -2.39. The van der Waals surface area contributed by atoms with Gasteiger partial charge in [0.25, 0.3) is 0 Å². The molecule has 0 aromatic rings. The maximum Gasteiger partial charge on any atom is 0.234 e. The van der Waals surface area contributed by atoms with E-state index in [0.717, 1.165) is 19.5 Å². The van der Waals surface area contributed by atoms with Gasteiger partial charge in [0.1, 0.15) is 0 Å². The fraction of sp³-hybridized carbons (Fsp3) is 0.818. The van der Waals surface area contributed by atoms with Crippen LogP contribution in [0.5, 0.6) is 0 Å². The largest absolute Gasteiger partial charge is 0.355 e. The van der Waals surface area contributed by atoms with E-state index in [9.17, 15) is 4.79 Å². The molecule has 15 heavy (non-hydrogen) atoms. The van der Waals surface area contributed by atoms with Gasteiger partial charge in [-0.05, 0) is 19.3 Å². The SMILES string of the molecule is CCCNC(=O)CN(CCC#N)C1CC1. The Morgan fingerprint density at radius 1 is 1.60 bits per heavy atom. The summed E-state index contributed by atoms with van der Waals surface area (Å²) in [7, 11) is 0. The van der Waals surface area contributed by atoms with Gasteiger partial charge >= 0.3 is 0 Å². The molecular weight excluding hydrogens is 190 g/mol. The number of carbonyl (C=O) groups is 1. The predicted molar refractivity (Wildman–Crippen MR) is 58.1 cm³/mol. The van der Waals surface area contributed by atoms with Gasteiger partial charge in [-0.25, -0.2) is 0 Å². The van der Waals surface area contributed by atoms with E-state index < -0.39 is 0 Å². The molecule has 0 aromatic carbocycles. The van der Waals surface area contributed by atoms with E-state index in [2.05, 4.69) is 16.3 Å². The highest BCUT2D eigenvalue weighted by molar-refractivity contribution is 5.78. The van der Waals surface area contributed by atoms with Crippen molar-refractivity contribution < 1.29 is 4.79 Å². The van der Waals surface area contributed by atoms with Crippen molar-refractivity contribution >= 4 is 5.91 Å². The number of rotatable bonds is 7. The van der Waals surface area contributed by atoms with E-state index in [1.54, 1.807) is 0 Å². The molecule has 1 saturated carbocycles. The summed E-state index contributed by atoms with van der Waals surface area (Å²) in [6, 6.07) is 2.67. The molecule has 0 unspecified atom stereocenters. The van der Waals surface area contributed by atoms with E-state index in [4.69, 9.17) is 5.26 Å². The fourth-order valence-electron chi connectivity index (χ4n) is 1.53. The first-order chi connectivity index (χ1) is 7.27. The fourth-order valence-corrected chi connectivity index (χ4v) is 1.53. The third kappa shape index (κ3) is 4.80. The van der Waals surface area contributed by atoms with Gasteiger partial charge < -0.3 is 5.32 Å². The summed E-state index contributed by atoms with van der Waals surface area (Å²) in [6.45, 7) is 3.96. The van der Waals surface area contributed by atoms with Crippen LogP contribution in [0.4, 0.5) is 0 Å². The van der Waals surface area contributed by atoms with E-state index in [-0.39, 0.29) is 5.91 Å². The van der Waals surface area contributed by atoms with E-state index in [1.807, 2.05) is 6.92 Å². The number of nitrogens with zero attached hydrogens (tertiary/aromatic N) is 2. The molecule has 1 N–H and O–H groups in total. The second-order valence-electron chi connectivity index (χ2n) is 3.96. The van der Waals surface area contributed by atoms with Crippen LogP contribution in [-0.2, 0) is 4.79 Å². The van der Waals surface area contributed by atoms with Crippen LogP contribution >= 0.6 is 0 Å². The lowest BCUT2D eigenvalue weighted by atomic mass is 10.3. The van der Waals surface area contributed by atoms with Crippen LogP contribution in [0.1, 0.15) is 32.6 Å². The van der Waals surface area contributed by atoms with Crippen molar-refractivity contribution in [3.8, 4) is 6.07 Å². The predicted octanol–water partition coefficient (Wildman–Crippen LogP) is 0.891. The molecule has 0 heterocycles. The lowest BCUT2D eigenvalue weighted by molar-refractivity contribution is -0.122. The van der Waals surface area contributed by atoms with Gasteiger partial charge in [0.15, 0.2) is 0 Å². The van der Waals surface area contributed by atoms with Crippen molar-refractivity contribution in [1.82, 2.24) is 10.2 Å². The standard InChI is InChI=1S/C11H19N3O/c1-2-7-13-11(15)9-14(8-3-6-12)10-4-5-10/h10H,2-5,7-9H2,1H3,(H,13,15). The zero-order valence-corrected chi connectivity index (χ0v) is 9.33. The van der Waals surface area contributed by atoms with E-state index >= 15 is 0 Å². The first kappa shape index (κ1) is 12.0. The third-order valence-corrected chi connectivity index (χ3v) is 2.49. The Morgan fingerprint density at radius 2 is 2.33 bits per heavy atom. The topological polar surface area (TPSA) is 56.1 Å². The summed E-state index contributed by atoms with van der Waals surface area (Å²) in [5.74, 6) is 0.0849. The van der Waals surface area contributed by atoms with Crippen LogP contribution < -0.4 is 5.32 Å². The highest BCUT2D eigenvalue weighted by Crippen LogP contribution is 2.26. The molecule has 0 aromatic heterocycles. The van der Waals surface area contributed by atoms with E-state index in [0.29, 0.717) is 19.0 Å². The van der Waals surface area contributed by atoms with Gasteiger partial charge in [-0.2, -0.15) is 5.26 Å². The summed E-state index contributed by atoms with van der Waals surface area (Å²) in [4.78, 5) is 13.6. The van der Waals surface area contributed by atoms with Crippen LogP contribution in [0, 0.1) is 11.3 Å². The monoisotopic (exact) mass is 209 g/mol. The Bertz CT molecular complexity index is 243. The van der Waals surface area contributed by atoms with Gasteiger partial charge in [-0.3, -0.25) is 9.69 Å². The summed E-state index contributed by atoms with van der Waals surface area (Å²) in [6.07, 6.45) is 3.82. The minimum Gasteiger partial charge on any atom is -0.355 e. The molecule has 0 bridgehead atoms. The first-order valence-corrected chi connectivity index (χ1v) is 5.65. The van der Waals surface area contributed by atoms with Crippen LogP contribution in [-0.4, -0.2) is 36.5 Å². The van der Waals surface area contributed by atoms with Crippen LogP contribution in [0.15, 0.2) is 0 Å². The Kier molecular flexibility index (Phi) is 5.13. The normalized spacial score (nSPS) is 15.0. The van der Waals surface area contributed by atoms with Gasteiger partial charge in [0.2, 0.25) is 5.91 Å². The Balaban J connectivity index is 2.24. The summed E-state index contributed by atoms with van der Waals surface area (Å²) < 4.78 is 0. The third-order valence-electron chi connectivity index (χ3n) is 2.49. The first-order valence-electron chi connectivity index (χ1n) is 5.65. The Hall–Kier alpha value is -1.08. The molecule has 84 valence electrons. The maximum atomic E-state index is 11.5. The molecule has 0 aliphatic heterocycles. The molecule has 0 spiro atoms. The molecule has 1 amide bonds. The average Bonchev–Trinajstić information content (AvgIpc) is 3.04. The van der Waals surface area contributed by atoms with Crippen molar-refractivity contribution in [2.75, 3.05) is 19.6 Å². The molecule has 1 rings (SSSR count). The summed E-state index contributed by atoms with van der Waals surface area (Å²) in [5, 5.41) is 11.4. The average molecular weight is 209 g/mol. The molecular formula is C11H19N3O. The van der Waals surface area contributed by atoms with Gasteiger partial charge in [0, 0.05) is 25.6 Å². The van der Waals surface area contributed by atoms with Gasteiger partial charge in [-0.1, -0.05) is 6.92 Å². The van der Waals surface area contributed by atoms with Gasteiger partial charge in [-0.15, -0.1) is 0 Å². The highest BCUT2D eigenvalue weighted by Gasteiger charge is 2.29. The quantitative estimate of drug-likeness (QED) is 0.677. The molecule has 4 nitrogen and oxygen atoms in total. The zero-order chi connectivity index (χ0) is 11.1. The van der Waals surface area contributed by atoms with Crippen molar-refractivity contribution in [1.29, 1.82) is 5.26 Å². The molecule has 0 saturated heterocycles. The number of amides is 1. The Labute approximate surface area is 91.2 Å². The smallest absolute Gasteiger partial charge is 0.234 e. The van der Waals surface area contributed by atoms with Crippen LogP contribution in [0.3, 0.4) is 0 Å². The highest BCUT2D eigenvalue weighted by atomic mass is 16.2. The molecule has 4 heteroatoms. The van der Waals surface area contributed by atoms with Crippen LogP contribution in [0.2, 0.25) is 0 Å². The molecule has 0 atom stereocenters. The molecule has 1 aliphatic rings. The number of nitrogens with one attached hydrogen (secondary N) is 1. The summed E-state index contributed by atoms with van der Waals surface area (Å²) >= 11 is 0. The lowest BCUT2D eigenvalue weighted by Gasteiger charge is -2.19. The van der Waals surface area contributed by atoms with Crippen molar-refractivity contribution in [3.05, 3.63) is 0 Å². The zero-order valence-electron chi connectivity index (χ0n) is 9.33. The molecule has 0 radical (unpaired) electrons. The van der Waals surface area contributed by atoms with Gasteiger partial charge in [0.05, 0.1) is 12.6 Å². The molecule has 1 aliphatic carbocycles. The van der Waals surface area contributed by atoms with Crippen molar-refractivity contribution in [2.45, 2.75) is 38.6 Å².